The lowest BCUT2D eigenvalue weighted by molar-refractivity contribution is -0.178. The first kappa shape index (κ1) is 26.7. The Morgan fingerprint density at radius 3 is 2.56 bits per heavy atom. The second-order valence-corrected chi connectivity index (χ2v) is 7.80. The Hall–Kier alpha value is -3.51. The topological polar surface area (TPSA) is 150 Å². The molecule has 0 aliphatic carbocycles. The molecule has 0 bridgehead atoms. The summed E-state index contributed by atoms with van der Waals surface area (Å²) >= 11 is 0. The Balaban J connectivity index is 2.30. The van der Waals surface area contributed by atoms with Crippen LogP contribution in [-0.2, 0) is 28.6 Å². The van der Waals surface area contributed by atoms with E-state index in [0.29, 0.717) is 0 Å². The van der Waals surface area contributed by atoms with Crippen molar-refractivity contribution in [3.8, 4) is 11.5 Å². The van der Waals surface area contributed by atoms with Crippen LogP contribution in [0, 0.1) is 11.8 Å². The molecule has 188 valence electrons. The number of hydrogen-bond acceptors (Lipinski definition) is 10. The van der Waals surface area contributed by atoms with Crippen molar-refractivity contribution in [3.63, 3.8) is 0 Å². The van der Waals surface area contributed by atoms with Crippen molar-refractivity contribution in [1.29, 1.82) is 0 Å². The van der Waals surface area contributed by atoms with E-state index in [4.69, 9.17) is 18.9 Å². The number of carbonyl (C=O) groups excluding carboxylic acids is 4. The first-order valence-electron chi connectivity index (χ1n) is 10.3. The molecule has 2 heterocycles. The number of cyclic esters (lactones) is 2. The molecule has 0 radical (unpaired) electrons. The third kappa shape index (κ3) is 6.51. The zero-order valence-corrected chi connectivity index (χ0v) is 18.9. The van der Waals surface area contributed by atoms with Gasteiger partial charge in [-0.2, -0.15) is 0 Å². The molecule has 2 rings (SSSR count). The molecule has 1 saturated heterocycles. The summed E-state index contributed by atoms with van der Waals surface area (Å²) in [6, 6.07) is -0.274. The van der Waals surface area contributed by atoms with Crippen molar-refractivity contribution in [1.82, 2.24) is 10.3 Å². The normalized spacial score (nSPS) is 23.3. The number of carbonyl (C=O) groups is 4. The third-order valence-corrected chi connectivity index (χ3v) is 4.92. The van der Waals surface area contributed by atoms with E-state index >= 15 is 0 Å². The smallest absolute Gasteiger partial charge is 0.332 e. The fourth-order valence-corrected chi connectivity index (χ4v) is 3.10. The van der Waals surface area contributed by atoms with Gasteiger partial charge < -0.3 is 29.4 Å². The molecule has 2 N–H and O–H groups in total. The average Bonchev–Trinajstić information content (AvgIpc) is 2.80. The van der Waals surface area contributed by atoms with Gasteiger partial charge in [0.15, 0.2) is 29.3 Å². The Bertz CT molecular complexity index is 926. The number of esters is 3. The monoisotopic (exact) mass is 488 g/mol. The summed E-state index contributed by atoms with van der Waals surface area (Å²) < 4.78 is 46.7. The first-order chi connectivity index (χ1) is 16.0. The van der Waals surface area contributed by atoms with Crippen LogP contribution in [0.15, 0.2) is 12.3 Å². The van der Waals surface area contributed by atoms with Gasteiger partial charge in [-0.1, -0.05) is 13.8 Å². The second-order valence-electron chi connectivity index (χ2n) is 7.80. The summed E-state index contributed by atoms with van der Waals surface area (Å²) in [6.07, 6.45) is -5.64. The second kappa shape index (κ2) is 11.6. The largest absolute Gasteiger partial charge is 0.503 e. The number of nitrogens with zero attached hydrogens (tertiary/aromatic N) is 1. The zero-order chi connectivity index (χ0) is 25.6. The lowest BCUT2D eigenvalue weighted by atomic mass is 9.94. The number of nitrogens with one attached hydrogen (secondary N) is 1. The fraction of sp³-hybridized carbons (Fsp3) is 0.571. The van der Waals surface area contributed by atoms with Crippen molar-refractivity contribution >= 4 is 23.8 Å². The number of ether oxygens (including phenoxy) is 4. The Morgan fingerprint density at radius 1 is 1.29 bits per heavy atom. The van der Waals surface area contributed by atoms with E-state index in [2.05, 4.69) is 10.3 Å². The Kier molecular flexibility index (Phi) is 9.10. The SMILES string of the molecule is COc1ccnc(C(=O)N[C@H]2COC(=O)[C@H](CC(F)F)[C@@H](OC(=O)C(C)C)[C@H](C)OC2=O)c1O. The Labute approximate surface area is 193 Å². The highest BCUT2D eigenvalue weighted by Crippen LogP contribution is 2.28. The van der Waals surface area contributed by atoms with Crippen molar-refractivity contribution < 1.29 is 52.0 Å². The predicted octanol–water partition coefficient (Wildman–Crippen LogP) is 1.22. The van der Waals surface area contributed by atoms with Crippen molar-refractivity contribution in [3.05, 3.63) is 18.0 Å². The third-order valence-electron chi connectivity index (χ3n) is 4.92. The van der Waals surface area contributed by atoms with Crippen LogP contribution in [0.1, 0.15) is 37.7 Å². The number of halogens is 2. The van der Waals surface area contributed by atoms with Gasteiger partial charge in [-0.05, 0) is 6.92 Å². The number of methoxy groups -OCH3 is 1. The molecule has 1 amide bonds. The summed E-state index contributed by atoms with van der Waals surface area (Å²) in [5.74, 6) is -6.97. The number of hydrogen-bond donors (Lipinski definition) is 2. The summed E-state index contributed by atoms with van der Waals surface area (Å²) in [6.45, 7) is 3.51. The minimum absolute atomic E-state index is 0.0538. The molecule has 1 aliphatic heterocycles. The van der Waals surface area contributed by atoms with Gasteiger partial charge in [0.1, 0.15) is 18.6 Å². The van der Waals surface area contributed by atoms with E-state index in [9.17, 15) is 33.1 Å². The van der Waals surface area contributed by atoms with Crippen LogP contribution in [0.4, 0.5) is 8.78 Å². The van der Waals surface area contributed by atoms with Crippen LogP contribution in [0.3, 0.4) is 0 Å². The standard InChI is InChI=1S/C21H26F2N2O9/c1-9(2)19(28)34-17-10(3)33-21(30)12(8-32-20(29)11(17)7-14(22)23)25-18(27)15-16(26)13(31-4)5-6-24-15/h5-6,9-12,14,17,26H,7-8H2,1-4H3,(H,25,27)/t10-,11+,12-,17-/m0/s1. The summed E-state index contributed by atoms with van der Waals surface area (Å²) in [5.41, 5.74) is -0.481. The highest BCUT2D eigenvalue weighted by molar-refractivity contribution is 5.98. The average molecular weight is 488 g/mol. The first-order valence-corrected chi connectivity index (χ1v) is 10.3. The highest BCUT2D eigenvalue weighted by Gasteiger charge is 2.43. The molecule has 13 heteroatoms. The van der Waals surface area contributed by atoms with Crippen molar-refractivity contribution in [2.45, 2.75) is 51.9 Å². The number of pyridine rings is 1. The van der Waals surface area contributed by atoms with E-state index < -0.39 is 84.8 Å². The number of alkyl halides is 2. The molecule has 4 atom stereocenters. The molecule has 0 spiro atoms. The highest BCUT2D eigenvalue weighted by atomic mass is 19.3. The van der Waals surface area contributed by atoms with Gasteiger partial charge in [0.2, 0.25) is 6.43 Å². The predicted molar refractivity (Wildman–Crippen MR) is 109 cm³/mol. The maximum absolute atomic E-state index is 13.2. The van der Waals surface area contributed by atoms with E-state index in [1.165, 1.54) is 40.1 Å². The number of aromatic nitrogens is 1. The molecule has 34 heavy (non-hydrogen) atoms. The van der Waals surface area contributed by atoms with Gasteiger partial charge in [-0.15, -0.1) is 0 Å². The summed E-state index contributed by atoms with van der Waals surface area (Å²) in [4.78, 5) is 53.7. The fourth-order valence-electron chi connectivity index (χ4n) is 3.10. The van der Waals surface area contributed by atoms with Crippen LogP contribution >= 0.6 is 0 Å². The molecular formula is C21H26F2N2O9. The van der Waals surface area contributed by atoms with Crippen LogP contribution < -0.4 is 10.1 Å². The van der Waals surface area contributed by atoms with Gasteiger partial charge in [-0.3, -0.25) is 14.4 Å². The molecule has 11 nitrogen and oxygen atoms in total. The van der Waals surface area contributed by atoms with E-state index in [0.717, 1.165) is 0 Å². The van der Waals surface area contributed by atoms with Gasteiger partial charge >= 0.3 is 17.9 Å². The summed E-state index contributed by atoms with van der Waals surface area (Å²) in [7, 11) is 1.26. The van der Waals surface area contributed by atoms with Gasteiger partial charge in [0.25, 0.3) is 5.91 Å². The van der Waals surface area contributed by atoms with Crippen LogP contribution in [0.2, 0.25) is 0 Å². The number of amides is 1. The maximum Gasteiger partial charge on any atom is 0.332 e. The lowest BCUT2D eigenvalue weighted by Crippen LogP contribution is -2.47. The summed E-state index contributed by atoms with van der Waals surface area (Å²) in [5, 5.41) is 12.3. The van der Waals surface area contributed by atoms with E-state index in [-0.39, 0.29) is 5.75 Å². The van der Waals surface area contributed by atoms with Gasteiger partial charge in [-0.25, -0.2) is 18.6 Å². The molecule has 0 saturated carbocycles. The maximum atomic E-state index is 13.2. The molecule has 1 aromatic rings. The van der Waals surface area contributed by atoms with Gasteiger partial charge in [0, 0.05) is 18.7 Å². The number of rotatable bonds is 7. The van der Waals surface area contributed by atoms with E-state index in [1.807, 2.05) is 0 Å². The molecular weight excluding hydrogens is 462 g/mol. The van der Waals surface area contributed by atoms with Crippen LogP contribution in [-0.4, -0.2) is 72.3 Å². The van der Waals surface area contributed by atoms with Crippen molar-refractivity contribution in [2.75, 3.05) is 13.7 Å². The van der Waals surface area contributed by atoms with Gasteiger partial charge in [0.05, 0.1) is 13.0 Å². The molecule has 0 unspecified atom stereocenters. The van der Waals surface area contributed by atoms with E-state index in [1.54, 1.807) is 0 Å². The minimum atomic E-state index is -2.95. The molecule has 1 aromatic heterocycles. The van der Waals surface area contributed by atoms with Crippen molar-refractivity contribution in [2.24, 2.45) is 11.8 Å². The molecule has 1 aliphatic rings. The molecule has 0 aromatic carbocycles. The quantitative estimate of drug-likeness (QED) is 0.424. The zero-order valence-electron chi connectivity index (χ0n) is 18.9. The molecule has 1 fully saturated rings. The Morgan fingerprint density at radius 2 is 1.97 bits per heavy atom. The lowest BCUT2D eigenvalue weighted by Gasteiger charge is -2.29. The van der Waals surface area contributed by atoms with Crippen LogP contribution in [0.25, 0.3) is 0 Å². The minimum Gasteiger partial charge on any atom is -0.503 e. The van der Waals surface area contributed by atoms with Crippen LogP contribution in [0.5, 0.6) is 11.5 Å². The number of aromatic hydroxyl groups is 1.